The first-order chi connectivity index (χ1) is 13.4. The molecule has 12 heteroatoms. The molecule has 2 N–H and O–H groups in total. The maximum Gasteiger partial charge on any atom is 0.458 e. The van der Waals surface area contributed by atoms with Crippen molar-refractivity contribution in [1.82, 2.24) is 0 Å². The molecule has 0 fully saturated rings. The van der Waals surface area contributed by atoms with Crippen molar-refractivity contribution in [2.75, 3.05) is 0 Å². The lowest BCUT2D eigenvalue weighted by atomic mass is 9.89. The second-order valence-corrected chi connectivity index (χ2v) is 6.42. The third kappa shape index (κ3) is 3.99. The van der Waals surface area contributed by atoms with Gasteiger partial charge in [0.2, 0.25) is 0 Å². The highest BCUT2D eigenvalue weighted by Gasteiger charge is 2.61. The van der Waals surface area contributed by atoms with Crippen molar-refractivity contribution in [1.29, 1.82) is 0 Å². The van der Waals surface area contributed by atoms with Crippen LogP contribution in [0, 0.1) is 0 Å². The molecule has 0 aliphatic rings. The number of alkyl halides is 10. The lowest BCUT2D eigenvalue weighted by molar-refractivity contribution is -0.289. The van der Waals surface area contributed by atoms with E-state index in [9.17, 15) is 54.1 Å². The monoisotopic (exact) mass is 450 g/mol. The van der Waals surface area contributed by atoms with E-state index in [2.05, 4.69) is 0 Å². The Balaban J connectivity index is 2.57. The first kappa shape index (κ1) is 23.6. The lowest BCUT2D eigenvalue weighted by Crippen LogP contribution is -2.34. The highest BCUT2D eigenvalue weighted by molar-refractivity contribution is 5.46. The van der Waals surface area contributed by atoms with Crippen LogP contribution < -0.4 is 0 Å². The Morgan fingerprint density at radius 3 is 1.17 bits per heavy atom. The van der Waals surface area contributed by atoms with Crippen LogP contribution >= 0.6 is 0 Å². The molecule has 0 aliphatic carbocycles. The summed E-state index contributed by atoms with van der Waals surface area (Å²) in [6.45, 7) is 1.14. The molecule has 2 aromatic rings. The van der Waals surface area contributed by atoms with Crippen LogP contribution in [-0.2, 0) is 11.8 Å². The first-order valence-electron chi connectivity index (χ1n) is 7.97. The third-order valence-corrected chi connectivity index (χ3v) is 4.43. The molecule has 2 aromatic carbocycles. The number of benzene rings is 2. The highest BCUT2D eigenvalue weighted by Crippen LogP contribution is 2.49. The minimum Gasteiger partial charge on any atom is -0.507 e. The molecule has 2 nitrogen and oxygen atoms in total. The molecule has 0 atom stereocenters. The van der Waals surface area contributed by atoms with Crippen molar-refractivity contribution in [3.63, 3.8) is 0 Å². The first-order valence-corrected chi connectivity index (χ1v) is 7.97. The van der Waals surface area contributed by atoms with Gasteiger partial charge in [-0.05, 0) is 35.4 Å². The Bertz CT molecular complexity index is 856. The van der Waals surface area contributed by atoms with E-state index in [1.807, 2.05) is 0 Å². The van der Waals surface area contributed by atoms with Gasteiger partial charge in [-0.25, -0.2) is 0 Å². The summed E-state index contributed by atoms with van der Waals surface area (Å²) < 4.78 is 130. The van der Waals surface area contributed by atoms with E-state index in [4.69, 9.17) is 0 Å². The average molecular weight is 450 g/mol. The summed E-state index contributed by atoms with van der Waals surface area (Å²) >= 11 is 0. The fourth-order valence-electron chi connectivity index (χ4n) is 2.65. The van der Waals surface area contributed by atoms with Gasteiger partial charge < -0.3 is 10.2 Å². The summed E-state index contributed by atoms with van der Waals surface area (Å²) in [5.74, 6) is -14.9. The van der Waals surface area contributed by atoms with Crippen LogP contribution in [0.25, 0.3) is 0 Å². The van der Waals surface area contributed by atoms with Gasteiger partial charge in [0, 0.05) is 5.92 Å². The van der Waals surface area contributed by atoms with Crippen LogP contribution in [-0.4, -0.2) is 22.6 Å². The van der Waals surface area contributed by atoms with E-state index < -0.39 is 52.7 Å². The number of phenolic OH excluding ortho intramolecular Hbond substituents is 2. The maximum absolute atomic E-state index is 13.6. The zero-order chi connectivity index (χ0) is 23.3. The zero-order valence-electron chi connectivity index (χ0n) is 14.7. The molecule has 0 saturated carbocycles. The predicted octanol–water partition coefficient (Wildman–Crippen LogP) is 6.56. The number of rotatable bonds is 4. The standard InChI is InChI=1S/C18H12F10O2/c1-8(9-2-4-13(29)11(6-9)15(19,20)17(23,24)25)10-3-5-14(30)12(7-10)16(21,22)18(26,27)28/h2-8,29-30H,1H3. The van der Waals surface area contributed by atoms with Crippen LogP contribution in [0.1, 0.15) is 35.1 Å². The van der Waals surface area contributed by atoms with Crippen molar-refractivity contribution in [2.24, 2.45) is 0 Å². The fraction of sp³-hybridized carbons (Fsp3) is 0.333. The molecule has 30 heavy (non-hydrogen) atoms. The molecule has 0 unspecified atom stereocenters. The Labute approximate surface area is 162 Å². The highest BCUT2D eigenvalue weighted by atomic mass is 19.4. The van der Waals surface area contributed by atoms with E-state index in [1.165, 1.54) is 0 Å². The molecule has 0 aliphatic heterocycles. The molecule has 2 rings (SSSR count). The number of aromatic hydroxyl groups is 2. The molecule has 0 saturated heterocycles. The number of phenols is 2. The van der Waals surface area contributed by atoms with Crippen LogP contribution in [0.15, 0.2) is 36.4 Å². The van der Waals surface area contributed by atoms with Crippen molar-refractivity contribution in [2.45, 2.75) is 37.0 Å². The molecular weight excluding hydrogens is 438 g/mol. The number of hydrogen-bond acceptors (Lipinski definition) is 2. The summed E-state index contributed by atoms with van der Waals surface area (Å²) in [4.78, 5) is 0. The summed E-state index contributed by atoms with van der Waals surface area (Å²) in [6.07, 6.45) is -12.1. The van der Waals surface area contributed by atoms with Gasteiger partial charge in [0.1, 0.15) is 11.5 Å². The van der Waals surface area contributed by atoms with Crippen molar-refractivity contribution in [3.05, 3.63) is 58.7 Å². The third-order valence-electron chi connectivity index (χ3n) is 4.43. The Morgan fingerprint density at radius 2 is 0.900 bits per heavy atom. The average Bonchev–Trinajstić information content (AvgIpc) is 2.59. The van der Waals surface area contributed by atoms with Gasteiger partial charge in [-0.15, -0.1) is 0 Å². The second kappa shape index (κ2) is 7.24. The van der Waals surface area contributed by atoms with Crippen LogP contribution in [0.4, 0.5) is 43.9 Å². The lowest BCUT2D eigenvalue weighted by Gasteiger charge is -2.24. The second-order valence-electron chi connectivity index (χ2n) is 6.42. The molecule has 0 heterocycles. The molecule has 0 radical (unpaired) electrons. The molecule has 166 valence electrons. The molecule has 0 amide bonds. The van der Waals surface area contributed by atoms with Gasteiger partial charge >= 0.3 is 24.2 Å². The quantitative estimate of drug-likeness (QED) is 0.519. The van der Waals surface area contributed by atoms with Crippen LogP contribution in [0.3, 0.4) is 0 Å². The smallest absolute Gasteiger partial charge is 0.458 e. The summed E-state index contributed by atoms with van der Waals surface area (Å²) in [7, 11) is 0. The Kier molecular flexibility index (Phi) is 5.70. The van der Waals surface area contributed by atoms with Gasteiger partial charge in [0.15, 0.2) is 0 Å². The van der Waals surface area contributed by atoms with Crippen molar-refractivity contribution in [3.8, 4) is 11.5 Å². The van der Waals surface area contributed by atoms with Crippen molar-refractivity contribution < 1.29 is 54.1 Å². The van der Waals surface area contributed by atoms with Gasteiger partial charge in [-0.2, -0.15) is 43.9 Å². The van der Waals surface area contributed by atoms with Crippen LogP contribution in [0.2, 0.25) is 0 Å². The van der Waals surface area contributed by atoms with E-state index >= 15 is 0 Å². The molecule has 0 spiro atoms. The maximum atomic E-state index is 13.6. The van der Waals surface area contributed by atoms with E-state index in [-0.39, 0.29) is 23.3 Å². The molecule has 0 aromatic heterocycles. The summed E-state index contributed by atoms with van der Waals surface area (Å²) in [5, 5.41) is 18.9. The van der Waals surface area contributed by atoms with Crippen molar-refractivity contribution >= 4 is 0 Å². The van der Waals surface area contributed by atoms with Crippen LogP contribution in [0.5, 0.6) is 11.5 Å². The van der Waals surface area contributed by atoms with E-state index in [0.29, 0.717) is 12.1 Å². The Morgan fingerprint density at radius 1 is 0.600 bits per heavy atom. The van der Waals surface area contributed by atoms with E-state index in [0.717, 1.165) is 19.1 Å². The van der Waals surface area contributed by atoms with Gasteiger partial charge in [0.05, 0.1) is 11.1 Å². The number of hydrogen-bond donors (Lipinski definition) is 2. The topological polar surface area (TPSA) is 40.5 Å². The SMILES string of the molecule is CC(c1ccc(O)c(C(F)(F)C(F)(F)F)c1)c1ccc(O)c(C(F)(F)C(F)(F)F)c1. The van der Waals surface area contributed by atoms with Gasteiger partial charge in [-0.3, -0.25) is 0 Å². The van der Waals surface area contributed by atoms with Gasteiger partial charge in [0.25, 0.3) is 0 Å². The summed E-state index contributed by atoms with van der Waals surface area (Å²) in [5.41, 5.74) is -4.28. The normalized spacial score (nSPS) is 13.7. The Hall–Kier alpha value is -2.66. The summed E-state index contributed by atoms with van der Waals surface area (Å²) in [6, 6.07) is 3.41. The molecule has 0 bridgehead atoms. The minimum absolute atomic E-state index is 0.280. The predicted molar refractivity (Wildman–Crippen MR) is 83.6 cm³/mol. The molecular formula is C18H12F10O2. The van der Waals surface area contributed by atoms with Gasteiger partial charge in [-0.1, -0.05) is 19.1 Å². The fourth-order valence-corrected chi connectivity index (χ4v) is 2.65. The zero-order valence-corrected chi connectivity index (χ0v) is 14.7. The largest absolute Gasteiger partial charge is 0.507 e. The minimum atomic E-state index is -6.05. The number of halogens is 10. The van der Waals surface area contributed by atoms with E-state index in [1.54, 1.807) is 0 Å².